The monoisotopic (exact) mass is 245 g/mol. The molecule has 0 saturated carbocycles. The first kappa shape index (κ1) is 11.2. The first-order valence-electron chi connectivity index (χ1n) is 5.94. The Morgan fingerprint density at radius 1 is 1.11 bits per heavy atom. The van der Waals surface area contributed by atoms with E-state index in [2.05, 4.69) is 5.32 Å². The second-order valence-corrected chi connectivity index (χ2v) is 4.19. The van der Waals surface area contributed by atoms with Crippen LogP contribution in [0.1, 0.15) is 5.56 Å². The molecule has 3 aromatic rings. The maximum Gasteiger partial charge on any atom is 0.176 e. The van der Waals surface area contributed by atoms with Gasteiger partial charge >= 0.3 is 0 Å². The third kappa shape index (κ3) is 1.49. The van der Waals surface area contributed by atoms with E-state index in [1.807, 2.05) is 19.2 Å². The molecule has 0 amide bonds. The summed E-state index contributed by atoms with van der Waals surface area (Å²) in [4.78, 5) is 0. The largest absolute Gasteiger partial charge is 0.492 e. The maximum atomic E-state index is 5.62. The SMILES string of the molecule is CNCCc1c2ccoc2c(OC)c2ccoc12. The Hall–Kier alpha value is -1.94. The molecule has 1 N–H and O–H groups in total. The molecule has 0 unspecified atom stereocenters. The number of fused-ring (bicyclic) bond motifs is 2. The summed E-state index contributed by atoms with van der Waals surface area (Å²) in [5.41, 5.74) is 2.84. The molecule has 0 saturated heterocycles. The molecule has 1 aromatic carbocycles. The lowest BCUT2D eigenvalue weighted by Gasteiger charge is -2.08. The smallest absolute Gasteiger partial charge is 0.176 e. The molecule has 0 fully saturated rings. The molecular formula is C14H15NO3. The van der Waals surface area contributed by atoms with Crippen LogP contribution in [-0.2, 0) is 6.42 Å². The lowest BCUT2D eigenvalue weighted by Crippen LogP contribution is -2.10. The fraction of sp³-hybridized carbons (Fsp3) is 0.286. The van der Waals surface area contributed by atoms with Gasteiger partial charge in [-0.05, 0) is 32.1 Å². The molecule has 2 heterocycles. The van der Waals surface area contributed by atoms with E-state index < -0.39 is 0 Å². The van der Waals surface area contributed by atoms with Gasteiger partial charge in [-0.3, -0.25) is 0 Å². The fourth-order valence-corrected chi connectivity index (χ4v) is 2.39. The average Bonchev–Trinajstić information content (AvgIpc) is 3.02. The predicted octanol–water partition coefficient (Wildman–Crippen LogP) is 2.95. The summed E-state index contributed by atoms with van der Waals surface area (Å²) >= 11 is 0. The van der Waals surface area contributed by atoms with Crippen LogP contribution in [0.15, 0.2) is 33.5 Å². The number of hydrogen-bond donors (Lipinski definition) is 1. The Bertz CT molecular complexity index is 629. The van der Waals surface area contributed by atoms with Gasteiger partial charge in [0.15, 0.2) is 11.3 Å². The Morgan fingerprint density at radius 2 is 1.83 bits per heavy atom. The molecule has 4 nitrogen and oxygen atoms in total. The van der Waals surface area contributed by atoms with Gasteiger partial charge in [0.05, 0.1) is 25.0 Å². The van der Waals surface area contributed by atoms with Crippen LogP contribution in [0.4, 0.5) is 0 Å². The Balaban J connectivity index is 2.35. The highest BCUT2D eigenvalue weighted by molar-refractivity contribution is 6.04. The minimum atomic E-state index is 0.743. The molecule has 0 aliphatic carbocycles. The summed E-state index contributed by atoms with van der Waals surface area (Å²) in [6, 6.07) is 3.88. The van der Waals surface area contributed by atoms with Crippen LogP contribution in [0.3, 0.4) is 0 Å². The predicted molar refractivity (Wildman–Crippen MR) is 70.2 cm³/mol. The van der Waals surface area contributed by atoms with E-state index in [0.717, 1.165) is 46.2 Å². The van der Waals surface area contributed by atoms with Crippen LogP contribution in [0, 0.1) is 0 Å². The Morgan fingerprint density at radius 3 is 2.56 bits per heavy atom. The zero-order valence-electron chi connectivity index (χ0n) is 10.4. The maximum absolute atomic E-state index is 5.62. The van der Waals surface area contributed by atoms with Crippen molar-refractivity contribution in [1.29, 1.82) is 0 Å². The summed E-state index contributed by atoms with van der Waals surface area (Å²) in [5, 5.41) is 5.18. The topological polar surface area (TPSA) is 47.5 Å². The van der Waals surface area contributed by atoms with Crippen LogP contribution in [0.2, 0.25) is 0 Å². The number of nitrogens with one attached hydrogen (secondary N) is 1. The first-order valence-corrected chi connectivity index (χ1v) is 5.94. The van der Waals surface area contributed by atoms with Gasteiger partial charge in [0.2, 0.25) is 0 Å². The van der Waals surface area contributed by atoms with Crippen molar-refractivity contribution in [2.24, 2.45) is 0 Å². The second kappa shape index (κ2) is 4.38. The van der Waals surface area contributed by atoms with Crippen molar-refractivity contribution in [2.75, 3.05) is 20.7 Å². The van der Waals surface area contributed by atoms with E-state index in [0.29, 0.717) is 0 Å². The summed E-state index contributed by atoms with van der Waals surface area (Å²) < 4.78 is 16.6. The van der Waals surface area contributed by atoms with Crippen LogP contribution in [0.5, 0.6) is 5.75 Å². The molecule has 18 heavy (non-hydrogen) atoms. The summed E-state index contributed by atoms with van der Waals surface area (Å²) in [7, 11) is 3.59. The lowest BCUT2D eigenvalue weighted by atomic mass is 10.0. The molecule has 94 valence electrons. The minimum Gasteiger partial charge on any atom is -0.492 e. The van der Waals surface area contributed by atoms with Gasteiger partial charge in [-0.1, -0.05) is 0 Å². The number of rotatable bonds is 4. The molecule has 0 aliphatic rings. The van der Waals surface area contributed by atoms with Crippen molar-refractivity contribution in [3.8, 4) is 5.75 Å². The van der Waals surface area contributed by atoms with Crippen LogP contribution < -0.4 is 10.1 Å². The average molecular weight is 245 g/mol. The fourth-order valence-electron chi connectivity index (χ4n) is 2.39. The number of furan rings is 2. The quantitative estimate of drug-likeness (QED) is 0.767. The van der Waals surface area contributed by atoms with Crippen LogP contribution >= 0.6 is 0 Å². The zero-order valence-corrected chi connectivity index (χ0v) is 10.4. The van der Waals surface area contributed by atoms with E-state index in [1.54, 1.807) is 19.6 Å². The molecule has 3 rings (SSSR count). The number of benzene rings is 1. The first-order chi connectivity index (χ1) is 8.86. The summed E-state index contributed by atoms with van der Waals surface area (Å²) in [5.74, 6) is 0.743. The standard InChI is InChI=1S/C14H15NO3/c1-15-6-3-9-10-4-7-18-14(10)13(16-2)11-5-8-17-12(9)11/h4-5,7-8,15H,3,6H2,1-2H3. The van der Waals surface area contributed by atoms with Gasteiger partial charge in [-0.2, -0.15) is 0 Å². The van der Waals surface area contributed by atoms with Gasteiger partial charge < -0.3 is 18.9 Å². The van der Waals surface area contributed by atoms with Crippen molar-refractivity contribution in [2.45, 2.75) is 6.42 Å². The van der Waals surface area contributed by atoms with Gasteiger partial charge in [0, 0.05) is 10.9 Å². The highest BCUT2D eigenvalue weighted by Gasteiger charge is 2.18. The third-order valence-corrected chi connectivity index (χ3v) is 3.21. The van der Waals surface area contributed by atoms with Gasteiger partial charge in [0.1, 0.15) is 5.58 Å². The summed E-state index contributed by atoms with van der Waals surface area (Å²) in [6.07, 6.45) is 4.27. The molecule has 0 atom stereocenters. The molecule has 0 spiro atoms. The normalized spacial score (nSPS) is 11.4. The van der Waals surface area contributed by atoms with Crippen molar-refractivity contribution in [1.82, 2.24) is 5.32 Å². The van der Waals surface area contributed by atoms with Crippen LogP contribution in [0.25, 0.3) is 21.9 Å². The van der Waals surface area contributed by atoms with E-state index >= 15 is 0 Å². The van der Waals surface area contributed by atoms with Crippen molar-refractivity contribution in [3.63, 3.8) is 0 Å². The number of hydrogen-bond acceptors (Lipinski definition) is 4. The molecule has 0 aliphatic heterocycles. The van der Waals surface area contributed by atoms with Gasteiger partial charge in [-0.25, -0.2) is 0 Å². The lowest BCUT2D eigenvalue weighted by molar-refractivity contribution is 0.415. The van der Waals surface area contributed by atoms with E-state index in [4.69, 9.17) is 13.6 Å². The zero-order chi connectivity index (χ0) is 12.5. The Labute approximate surface area is 105 Å². The molecule has 2 aromatic heterocycles. The highest BCUT2D eigenvalue weighted by Crippen LogP contribution is 2.39. The number of methoxy groups -OCH3 is 1. The van der Waals surface area contributed by atoms with E-state index in [-0.39, 0.29) is 0 Å². The van der Waals surface area contributed by atoms with Crippen LogP contribution in [-0.4, -0.2) is 20.7 Å². The van der Waals surface area contributed by atoms with Crippen molar-refractivity contribution >= 4 is 21.9 Å². The van der Waals surface area contributed by atoms with Crippen molar-refractivity contribution in [3.05, 3.63) is 30.2 Å². The van der Waals surface area contributed by atoms with E-state index in [9.17, 15) is 0 Å². The van der Waals surface area contributed by atoms with Crippen molar-refractivity contribution < 1.29 is 13.6 Å². The number of likely N-dealkylation sites (N-methyl/N-ethyl adjacent to an activating group) is 1. The third-order valence-electron chi connectivity index (χ3n) is 3.21. The molecule has 4 heteroatoms. The minimum absolute atomic E-state index is 0.743. The highest BCUT2D eigenvalue weighted by atomic mass is 16.5. The van der Waals surface area contributed by atoms with E-state index in [1.165, 1.54) is 0 Å². The molecular weight excluding hydrogens is 230 g/mol. The summed E-state index contributed by atoms with van der Waals surface area (Å²) in [6.45, 7) is 0.891. The Kier molecular flexibility index (Phi) is 2.72. The second-order valence-electron chi connectivity index (χ2n) is 4.19. The molecule has 0 bridgehead atoms. The number of ether oxygens (including phenoxy) is 1. The van der Waals surface area contributed by atoms with Gasteiger partial charge in [0.25, 0.3) is 0 Å². The van der Waals surface area contributed by atoms with Gasteiger partial charge in [-0.15, -0.1) is 0 Å². The molecule has 0 radical (unpaired) electrons.